The molecule has 120 valence electrons. The van der Waals surface area contributed by atoms with Crippen molar-refractivity contribution in [2.45, 2.75) is 0 Å². The van der Waals surface area contributed by atoms with Gasteiger partial charge >= 0.3 is 0 Å². The molecule has 3 rings (SSSR count). The molecule has 1 aromatic heterocycles. The average molecular weight is 340 g/mol. The highest BCUT2D eigenvalue weighted by atomic mass is 35.5. The minimum absolute atomic E-state index is 0.278. The number of nitrogens with two attached hydrogens (primary N) is 1. The first kappa shape index (κ1) is 15.8. The summed E-state index contributed by atoms with van der Waals surface area (Å²) < 4.78 is 1.46. The van der Waals surface area contributed by atoms with Crippen LogP contribution < -0.4 is 11.1 Å². The fourth-order valence-corrected chi connectivity index (χ4v) is 2.19. The minimum atomic E-state index is -0.278. The Morgan fingerprint density at radius 1 is 1.21 bits per heavy atom. The lowest BCUT2D eigenvalue weighted by atomic mass is 10.2. The second kappa shape index (κ2) is 6.97. The van der Waals surface area contributed by atoms with Crippen LogP contribution in [0.5, 0.6) is 0 Å². The second-order valence-corrected chi connectivity index (χ2v) is 5.42. The third kappa shape index (κ3) is 3.99. The summed E-state index contributed by atoms with van der Waals surface area (Å²) in [7, 11) is 0. The first-order chi connectivity index (χ1) is 11.6. The molecule has 0 aliphatic heterocycles. The predicted molar refractivity (Wildman–Crippen MR) is 95.3 cm³/mol. The number of hydrogen-bond donors (Lipinski definition) is 2. The molecule has 0 fully saturated rings. The second-order valence-electron chi connectivity index (χ2n) is 4.99. The Kier molecular flexibility index (Phi) is 4.58. The van der Waals surface area contributed by atoms with Gasteiger partial charge in [0.2, 0.25) is 5.91 Å². The molecule has 2 aromatic carbocycles. The zero-order valence-electron chi connectivity index (χ0n) is 12.6. The number of amides is 1. The number of aromatic nitrogens is 3. The van der Waals surface area contributed by atoms with E-state index in [4.69, 9.17) is 17.3 Å². The van der Waals surface area contributed by atoms with Crippen molar-refractivity contribution in [3.63, 3.8) is 0 Å². The molecule has 0 unspecified atom stereocenters. The minimum Gasteiger partial charge on any atom is -0.399 e. The number of hydrogen-bond acceptors (Lipinski definition) is 4. The molecule has 24 heavy (non-hydrogen) atoms. The van der Waals surface area contributed by atoms with E-state index in [1.807, 2.05) is 12.1 Å². The maximum absolute atomic E-state index is 11.9. The zero-order chi connectivity index (χ0) is 16.9. The fraction of sp³-hybridized carbons (Fsp3) is 0. The molecule has 1 amide bonds. The Hall–Kier alpha value is -3.12. The molecular formula is C17H14ClN5O. The van der Waals surface area contributed by atoms with E-state index in [1.54, 1.807) is 36.4 Å². The van der Waals surface area contributed by atoms with Gasteiger partial charge in [-0.3, -0.25) is 4.79 Å². The number of nitrogens with one attached hydrogen (secondary N) is 1. The Morgan fingerprint density at radius 2 is 2.00 bits per heavy atom. The van der Waals surface area contributed by atoms with Gasteiger partial charge in [0.25, 0.3) is 0 Å². The van der Waals surface area contributed by atoms with Crippen LogP contribution in [-0.2, 0) is 4.79 Å². The van der Waals surface area contributed by atoms with Gasteiger partial charge in [0.05, 0.1) is 0 Å². The largest absolute Gasteiger partial charge is 0.399 e. The summed E-state index contributed by atoms with van der Waals surface area (Å²) in [5.41, 5.74) is 7.71. The van der Waals surface area contributed by atoms with E-state index in [0.717, 1.165) is 5.56 Å². The van der Waals surface area contributed by atoms with Gasteiger partial charge < -0.3 is 11.1 Å². The van der Waals surface area contributed by atoms with Crippen molar-refractivity contribution >= 4 is 35.1 Å². The fourth-order valence-electron chi connectivity index (χ4n) is 2.00. The average Bonchev–Trinajstić information content (AvgIpc) is 3.04. The van der Waals surface area contributed by atoms with Crippen LogP contribution in [0.2, 0.25) is 5.02 Å². The maximum Gasteiger partial charge on any atom is 0.249 e. The lowest BCUT2D eigenvalue weighted by Crippen LogP contribution is -2.08. The van der Waals surface area contributed by atoms with Crippen LogP contribution in [0.1, 0.15) is 0 Å². The summed E-state index contributed by atoms with van der Waals surface area (Å²) in [6.07, 6.45) is 4.41. The van der Waals surface area contributed by atoms with Crippen LogP contribution in [0.3, 0.4) is 0 Å². The van der Waals surface area contributed by atoms with Crippen molar-refractivity contribution in [2.75, 3.05) is 11.1 Å². The topological polar surface area (TPSA) is 85.8 Å². The quantitative estimate of drug-likeness (QED) is 0.564. The van der Waals surface area contributed by atoms with Crippen LogP contribution in [0, 0.1) is 0 Å². The van der Waals surface area contributed by atoms with Crippen molar-refractivity contribution < 1.29 is 4.79 Å². The number of nitrogens with zero attached hydrogens (tertiary/aromatic N) is 3. The van der Waals surface area contributed by atoms with Crippen LogP contribution in [0.4, 0.5) is 11.4 Å². The molecule has 3 aromatic rings. The van der Waals surface area contributed by atoms with E-state index < -0.39 is 0 Å². The highest BCUT2D eigenvalue weighted by Gasteiger charge is 2.04. The van der Waals surface area contributed by atoms with E-state index in [9.17, 15) is 4.79 Å². The molecule has 0 saturated heterocycles. The monoisotopic (exact) mass is 339 g/mol. The van der Waals surface area contributed by atoms with Crippen LogP contribution in [0.15, 0.2) is 60.9 Å². The Labute approximate surface area is 143 Å². The standard InChI is InChI=1S/C17H14ClN5O/c18-13-3-1-2-12(10-13)17-20-11-23(22-17)9-8-16(24)21-15-6-4-14(19)5-7-15/h1-11H,19H2,(H,21,24). The number of carbonyl (C=O) groups is 1. The summed E-state index contributed by atoms with van der Waals surface area (Å²) >= 11 is 5.95. The van der Waals surface area contributed by atoms with E-state index in [-0.39, 0.29) is 5.91 Å². The number of benzene rings is 2. The van der Waals surface area contributed by atoms with Crippen LogP contribution >= 0.6 is 11.6 Å². The smallest absolute Gasteiger partial charge is 0.249 e. The Balaban J connectivity index is 1.66. The van der Waals surface area contributed by atoms with Crippen molar-refractivity contribution in [2.24, 2.45) is 0 Å². The van der Waals surface area contributed by atoms with Crippen molar-refractivity contribution in [1.82, 2.24) is 14.8 Å². The van der Waals surface area contributed by atoms with Gasteiger partial charge in [0.15, 0.2) is 5.82 Å². The molecule has 0 bridgehead atoms. The van der Waals surface area contributed by atoms with E-state index in [2.05, 4.69) is 15.4 Å². The first-order valence-corrected chi connectivity index (χ1v) is 7.50. The first-order valence-electron chi connectivity index (χ1n) is 7.12. The lowest BCUT2D eigenvalue weighted by Gasteiger charge is -2.01. The summed E-state index contributed by atoms with van der Waals surface area (Å²) in [6.45, 7) is 0. The van der Waals surface area contributed by atoms with Gasteiger partial charge in [-0.2, -0.15) is 0 Å². The predicted octanol–water partition coefficient (Wildman–Crippen LogP) is 3.29. The molecular weight excluding hydrogens is 326 g/mol. The van der Waals surface area contributed by atoms with Gasteiger partial charge in [0.1, 0.15) is 6.33 Å². The number of nitrogen functional groups attached to an aromatic ring is 1. The Morgan fingerprint density at radius 3 is 2.75 bits per heavy atom. The van der Waals surface area contributed by atoms with Gasteiger partial charge in [-0.25, -0.2) is 9.67 Å². The van der Waals surface area contributed by atoms with E-state index in [1.165, 1.54) is 23.3 Å². The summed E-state index contributed by atoms with van der Waals surface area (Å²) in [5, 5.41) is 7.61. The molecule has 0 aliphatic rings. The molecule has 0 spiro atoms. The summed E-state index contributed by atoms with van der Waals surface area (Å²) in [6, 6.07) is 14.1. The molecule has 0 saturated carbocycles. The molecule has 0 atom stereocenters. The number of carbonyl (C=O) groups excluding carboxylic acids is 1. The van der Waals surface area contributed by atoms with E-state index >= 15 is 0 Å². The zero-order valence-corrected chi connectivity index (χ0v) is 13.3. The van der Waals surface area contributed by atoms with Gasteiger partial charge in [-0.05, 0) is 36.4 Å². The summed E-state index contributed by atoms with van der Waals surface area (Å²) in [5.74, 6) is 0.251. The van der Waals surface area contributed by atoms with Crippen LogP contribution in [-0.4, -0.2) is 20.7 Å². The van der Waals surface area contributed by atoms with Crippen LogP contribution in [0.25, 0.3) is 17.6 Å². The van der Waals surface area contributed by atoms with Gasteiger partial charge in [0, 0.05) is 34.2 Å². The Bertz CT molecular complexity index is 886. The highest BCUT2D eigenvalue weighted by molar-refractivity contribution is 6.30. The van der Waals surface area contributed by atoms with Gasteiger partial charge in [-0.15, -0.1) is 5.10 Å². The molecule has 6 nitrogen and oxygen atoms in total. The molecule has 1 heterocycles. The number of anilines is 2. The molecule has 0 radical (unpaired) electrons. The highest BCUT2D eigenvalue weighted by Crippen LogP contribution is 2.18. The number of halogens is 1. The van der Waals surface area contributed by atoms with Crippen molar-refractivity contribution in [3.8, 4) is 11.4 Å². The van der Waals surface area contributed by atoms with E-state index in [0.29, 0.717) is 22.2 Å². The normalized spacial score (nSPS) is 10.9. The number of rotatable bonds is 4. The molecule has 0 aliphatic carbocycles. The lowest BCUT2D eigenvalue weighted by molar-refractivity contribution is -0.111. The maximum atomic E-state index is 11.9. The summed E-state index contributed by atoms with van der Waals surface area (Å²) in [4.78, 5) is 16.1. The molecule has 7 heteroatoms. The van der Waals surface area contributed by atoms with Gasteiger partial charge in [-0.1, -0.05) is 23.7 Å². The third-order valence-electron chi connectivity index (χ3n) is 3.15. The third-order valence-corrected chi connectivity index (χ3v) is 3.38. The van der Waals surface area contributed by atoms with Crippen molar-refractivity contribution in [3.05, 3.63) is 66.0 Å². The molecule has 3 N–H and O–H groups in total. The van der Waals surface area contributed by atoms with Crippen molar-refractivity contribution in [1.29, 1.82) is 0 Å². The SMILES string of the molecule is Nc1ccc(NC(=O)C=Cn2cnc(-c3cccc(Cl)c3)n2)cc1.